The number of carbonyl (C=O) groups is 4. The predicted octanol–water partition coefficient (Wildman–Crippen LogP) is -2.61. The summed E-state index contributed by atoms with van der Waals surface area (Å²) in [4.78, 5) is 45.5. The van der Waals surface area contributed by atoms with E-state index in [2.05, 4.69) is 10.6 Å². The van der Waals surface area contributed by atoms with Crippen molar-refractivity contribution in [3.05, 3.63) is 0 Å². The normalized spacial score (nSPS) is 13.0. The van der Waals surface area contributed by atoms with Crippen LogP contribution in [-0.4, -0.2) is 54.0 Å². The van der Waals surface area contributed by atoms with E-state index in [4.69, 9.17) is 22.3 Å². The number of nitrogens with two attached hydrogens (primary N) is 3. The number of carboxylic acid groups (broad SMARTS) is 1. The largest absolute Gasteiger partial charge is 0.480 e. The van der Waals surface area contributed by atoms with Crippen LogP contribution in [0.15, 0.2) is 0 Å². The van der Waals surface area contributed by atoms with Crippen molar-refractivity contribution in [1.29, 1.82) is 0 Å². The van der Waals surface area contributed by atoms with Crippen molar-refractivity contribution in [3.8, 4) is 0 Å². The fraction of sp³-hybridized carbons (Fsp3) is 0.692. The Morgan fingerprint density at radius 3 is 2.09 bits per heavy atom. The lowest BCUT2D eigenvalue weighted by atomic mass is 10.1. The third-order valence-corrected chi connectivity index (χ3v) is 3.08. The molecule has 0 heterocycles. The maximum absolute atomic E-state index is 12.1. The summed E-state index contributed by atoms with van der Waals surface area (Å²) in [6, 6.07) is -2.17. The smallest absolute Gasteiger partial charge is 0.326 e. The minimum atomic E-state index is -1.19. The van der Waals surface area contributed by atoms with Gasteiger partial charge in [-0.05, 0) is 32.2 Å². The SMILES string of the molecule is NCCCCC(NC(=O)C(CCC(N)=O)NC(=O)CN)C(=O)O. The van der Waals surface area contributed by atoms with E-state index < -0.39 is 35.8 Å². The molecule has 0 aromatic rings. The fourth-order valence-electron chi connectivity index (χ4n) is 1.83. The summed E-state index contributed by atoms with van der Waals surface area (Å²) >= 11 is 0. The second-order valence-corrected chi connectivity index (χ2v) is 5.01. The highest BCUT2D eigenvalue weighted by Gasteiger charge is 2.26. The highest BCUT2D eigenvalue weighted by molar-refractivity contribution is 5.91. The Hall–Kier alpha value is -2.20. The molecule has 0 fully saturated rings. The maximum Gasteiger partial charge on any atom is 0.326 e. The number of aliphatic carboxylic acids is 1. The van der Waals surface area contributed by atoms with Crippen molar-refractivity contribution in [2.24, 2.45) is 17.2 Å². The molecular formula is C13H25N5O5. The van der Waals surface area contributed by atoms with Crippen molar-refractivity contribution >= 4 is 23.7 Å². The molecule has 2 atom stereocenters. The van der Waals surface area contributed by atoms with E-state index in [0.717, 1.165) is 0 Å². The van der Waals surface area contributed by atoms with Crippen LogP contribution < -0.4 is 27.8 Å². The minimum absolute atomic E-state index is 0.0396. The molecule has 0 radical (unpaired) electrons. The number of amides is 3. The van der Waals surface area contributed by atoms with Crippen molar-refractivity contribution in [2.45, 2.75) is 44.2 Å². The van der Waals surface area contributed by atoms with E-state index in [1.807, 2.05) is 0 Å². The molecule has 0 aliphatic rings. The topological polar surface area (TPSA) is 191 Å². The number of carbonyl (C=O) groups excluding carboxylic acids is 3. The number of rotatable bonds is 12. The molecule has 132 valence electrons. The first-order chi connectivity index (χ1) is 10.8. The molecular weight excluding hydrogens is 306 g/mol. The van der Waals surface area contributed by atoms with E-state index >= 15 is 0 Å². The number of hydrogen-bond donors (Lipinski definition) is 6. The van der Waals surface area contributed by atoms with Gasteiger partial charge in [0.2, 0.25) is 17.7 Å². The van der Waals surface area contributed by atoms with Crippen LogP contribution in [0.4, 0.5) is 0 Å². The van der Waals surface area contributed by atoms with E-state index in [-0.39, 0.29) is 25.8 Å². The lowest BCUT2D eigenvalue weighted by Crippen LogP contribution is -2.52. The fourth-order valence-corrected chi connectivity index (χ4v) is 1.83. The summed E-state index contributed by atoms with van der Waals surface area (Å²) in [5.74, 6) is -3.12. The molecule has 9 N–H and O–H groups in total. The van der Waals surface area contributed by atoms with Gasteiger partial charge in [0, 0.05) is 6.42 Å². The summed E-state index contributed by atoms with van der Waals surface area (Å²) in [6.07, 6.45) is 1.21. The Morgan fingerprint density at radius 2 is 1.61 bits per heavy atom. The Kier molecular flexibility index (Phi) is 10.3. The maximum atomic E-state index is 12.1. The minimum Gasteiger partial charge on any atom is -0.480 e. The van der Waals surface area contributed by atoms with Gasteiger partial charge in [-0.25, -0.2) is 4.79 Å². The van der Waals surface area contributed by atoms with Crippen molar-refractivity contribution in [2.75, 3.05) is 13.1 Å². The number of primary amides is 1. The van der Waals surface area contributed by atoms with E-state index in [1.54, 1.807) is 0 Å². The molecule has 0 aromatic heterocycles. The first kappa shape index (κ1) is 20.8. The standard InChI is InChI=1S/C13H25N5O5/c14-6-2-1-3-9(13(22)23)18-12(21)8(4-5-10(16)19)17-11(20)7-15/h8-9H,1-7,14-15H2,(H2,16,19)(H,17,20)(H,18,21)(H,22,23). The van der Waals surface area contributed by atoms with Gasteiger partial charge in [-0.2, -0.15) is 0 Å². The van der Waals surface area contributed by atoms with Gasteiger partial charge in [0.15, 0.2) is 0 Å². The third kappa shape index (κ3) is 9.42. The molecule has 0 rings (SSSR count). The van der Waals surface area contributed by atoms with Gasteiger partial charge in [0.1, 0.15) is 12.1 Å². The van der Waals surface area contributed by atoms with Crippen LogP contribution in [0, 0.1) is 0 Å². The van der Waals surface area contributed by atoms with Crippen LogP contribution in [0.5, 0.6) is 0 Å². The van der Waals surface area contributed by atoms with Gasteiger partial charge in [-0.1, -0.05) is 0 Å². The Labute approximate surface area is 134 Å². The van der Waals surface area contributed by atoms with Crippen LogP contribution >= 0.6 is 0 Å². The van der Waals surface area contributed by atoms with Crippen molar-refractivity contribution in [3.63, 3.8) is 0 Å². The summed E-state index contributed by atoms with van der Waals surface area (Å²) in [5, 5.41) is 13.8. The summed E-state index contributed by atoms with van der Waals surface area (Å²) in [7, 11) is 0. The zero-order chi connectivity index (χ0) is 17.8. The van der Waals surface area contributed by atoms with Gasteiger partial charge in [-0.15, -0.1) is 0 Å². The Balaban J connectivity index is 4.77. The van der Waals surface area contributed by atoms with Gasteiger partial charge in [-0.3, -0.25) is 14.4 Å². The summed E-state index contributed by atoms with van der Waals surface area (Å²) in [5.41, 5.74) is 15.5. The zero-order valence-electron chi connectivity index (χ0n) is 12.9. The quantitative estimate of drug-likeness (QED) is 0.211. The monoisotopic (exact) mass is 331 g/mol. The number of nitrogens with one attached hydrogen (secondary N) is 2. The lowest BCUT2D eigenvalue weighted by molar-refractivity contribution is -0.142. The highest BCUT2D eigenvalue weighted by atomic mass is 16.4. The second kappa shape index (κ2) is 11.4. The molecule has 0 bridgehead atoms. The molecule has 0 aliphatic heterocycles. The van der Waals surface area contributed by atoms with Crippen LogP contribution in [0.25, 0.3) is 0 Å². The van der Waals surface area contributed by atoms with Crippen LogP contribution in [0.1, 0.15) is 32.1 Å². The predicted molar refractivity (Wildman–Crippen MR) is 81.9 cm³/mol. The van der Waals surface area contributed by atoms with Crippen molar-refractivity contribution in [1.82, 2.24) is 10.6 Å². The Bertz CT molecular complexity index is 429. The summed E-state index contributed by atoms with van der Waals surface area (Å²) < 4.78 is 0. The molecule has 0 saturated heterocycles. The molecule has 0 saturated carbocycles. The van der Waals surface area contributed by atoms with E-state index in [1.165, 1.54) is 0 Å². The van der Waals surface area contributed by atoms with Crippen LogP contribution in [-0.2, 0) is 19.2 Å². The average molecular weight is 331 g/mol. The second-order valence-electron chi connectivity index (χ2n) is 5.01. The van der Waals surface area contributed by atoms with E-state index in [9.17, 15) is 19.2 Å². The van der Waals surface area contributed by atoms with Gasteiger partial charge in [0.25, 0.3) is 0 Å². The van der Waals surface area contributed by atoms with Gasteiger partial charge >= 0.3 is 5.97 Å². The molecule has 0 aromatic carbocycles. The first-order valence-electron chi connectivity index (χ1n) is 7.32. The van der Waals surface area contributed by atoms with E-state index in [0.29, 0.717) is 19.4 Å². The molecule has 2 unspecified atom stereocenters. The van der Waals surface area contributed by atoms with Crippen LogP contribution in [0.2, 0.25) is 0 Å². The van der Waals surface area contributed by atoms with Gasteiger partial charge in [0.05, 0.1) is 6.54 Å². The number of unbranched alkanes of at least 4 members (excludes halogenated alkanes) is 1. The average Bonchev–Trinajstić information content (AvgIpc) is 2.49. The molecule has 10 nitrogen and oxygen atoms in total. The first-order valence-corrected chi connectivity index (χ1v) is 7.32. The molecule has 0 aliphatic carbocycles. The third-order valence-electron chi connectivity index (χ3n) is 3.08. The lowest BCUT2D eigenvalue weighted by Gasteiger charge is -2.21. The molecule has 23 heavy (non-hydrogen) atoms. The number of carboxylic acids is 1. The summed E-state index contributed by atoms with van der Waals surface area (Å²) in [6.45, 7) is 0.0906. The van der Waals surface area contributed by atoms with Crippen LogP contribution in [0.3, 0.4) is 0 Å². The molecule has 3 amide bonds. The highest BCUT2D eigenvalue weighted by Crippen LogP contribution is 2.04. The van der Waals surface area contributed by atoms with Gasteiger partial charge < -0.3 is 32.9 Å². The number of hydrogen-bond acceptors (Lipinski definition) is 6. The molecule has 10 heteroatoms. The van der Waals surface area contributed by atoms with Crippen molar-refractivity contribution < 1.29 is 24.3 Å². The Morgan fingerprint density at radius 1 is 0.957 bits per heavy atom. The zero-order valence-corrected chi connectivity index (χ0v) is 12.9. The molecule has 0 spiro atoms.